The van der Waals surface area contributed by atoms with Gasteiger partial charge >= 0.3 is 0 Å². The van der Waals surface area contributed by atoms with Crippen LogP contribution in [0.15, 0.2) is 174 Å². The molecule has 0 aliphatic rings. The molecule has 0 atom stereocenters. The van der Waals surface area contributed by atoms with E-state index in [0.717, 1.165) is 0 Å². The van der Waals surface area contributed by atoms with Gasteiger partial charge in [0.2, 0.25) is 0 Å². The normalized spacial score (nSPS) is 17.8. The molecule has 0 radical (unpaired) electrons. The molecule has 0 N–H and O–H groups in total. The minimum absolute atomic E-state index is 0.00306. The second-order valence-corrected chi connectivity index (χ2v) is 10.9. The van der Waals surface area contributed by atoms with E-state index in [1.807, 2.05) is 0 Å². The molecule has 0 fully saturated rings. The summed E-state index contributed by atoms with van der Waals surface area (Å²) in [6, 6.07) is -0.173. The number of benzene rings is 9. The highest BCUT2D eigenvalue weighted by molar-refractivity contribution is 6.28. The van der Waals surface area contributed by atoms with Crippen molar-refractivity contribution < 1.29 is 31.8 Å². The topological polar surface area (TPSA) is 13.1 Å². The van der Waals surface area contributed by atoms with E-state index in [4.69, 9.17) is 25.0 Å². The first-order valence-electron chi connectivity index (χ1n) is 24.6. The molecule has 0 aliphatic heterocycles. The summed E-state index contributed by atoms with van der Waals surface area (Å²) in [5.74, 6) is 0. The molecule has 9 aromatic carbocycles. The van der Waals surface area contributed by atoms with Gasteiger partial charge in [-0.3, -0.25) is 0 Å². The van der Waals surface area contributed by atoms with Gasteiger partial charge in [-0.1, -0.05) is 145 Å². The van der Waals surface area contributed by atoms with Gasteiger partial charge in [0.25, 0.3) is 0 Å². The molecule has 10 rings (SSSR count). The summed E-state index contributed by atoms with van der Waals surface area (Å²) in [6.07, 6.45) is 0. The van der Waals surface area contributed by atoms with E-state index in [9.17, 15) is 6.85 Å². The van der Waals surface area contributed by atoms with Crippen molar-refractivity contribution in [2.75, 3.05) is 0 Å². The minimum Gasteiger partial charge on any atom is -0.455 e. The third-order valence-electron chi connectivity index (χ3n) is 8.47. The first kappa shape index (κ1) is 13.3. The highest BCUT2D eigenvalue weighted by atomic mass is 16.3. The highest BCUT2D eigenvalue weighted by Gasteiger charge is 2.21. The maximum atomic E-state index is 9.50. The lowest BCUT2D eigenvalue weighted by molar-refractivity contribution is 0.673. The average molecular weight is 617 g/mol. The molecule has 0 saturated heterocycles. The van der Waals surface area contributed by atoms with Gasteiger partial charge in [-0.2, -0.15) is 0 Å². The van der Waals surface area contributed by atoms with E-state index in [1.165, 1.54) is 0 Å². The van der Waals surface area contributed by atoms with Gasteiger partial charge < -0.3 is 4.42 Å². The second-order valence-electron chi connectivity index (χ2n) is 10.9. The number of furan rings is 1. The van der Waals surface area contributed by atoms with Gasteiger partial charge in [0.15, 0.2) is 0 Å². The largest absolute Gasteiger partial charge is 0.455 e. The van der Waals surface area contributed by atoms with Crippen molar-refractivity contribution in [3.8, 4) is 33.4 Å². The lowest BCUT2D eigenvalue weighted by atomic mass is 9.84. The summed E-state index contributed by atoms with van der Waals surface area (Å²) in [5.41, 5.74) is 0.101. The van der Waals surface area contributed by atoms with Crippen LogP contribution < -0.4 is 0 Å². The van der Waals surface area contributed by atoms with Crippen LogP contribution in [0.4, 0.5) is 0 Å². The number of fused-ring (bicyclic) bond motifs is 8. The van der Waals surface area contributed by atoms with Crippen LogP contribution in [-0.4, -0.2) is 0 Å². The number of rotatable bonds is 3. The van der Waals surface area contributed by atoms with Crippen LogP contribution in [-0.2, 0) is 0 Å². The molecule has 218 valence electrons. The van der Waals surface area contributed by atoms with Crippen molar-refractivity contribution in [1.29, 1.82) is 0 Å². The Balaban J connectivity index is 1.41. The Hall–Kier alpha value is -6.18. The molecule has 1 nitrogen and oxygen atoms in total. The standard InChI is InChI=1S/C46H28O/c1-2-12-29(13-3-1)31-24-26-34-32(28-31)25-27-41-45-40(22-11-23-42(45)47-46(34)41)44-38-19-8-6-17-36(38)43(37-18-7-9-20-39(37)44)35-21-10-15-30-14-4-5-16-33(30)35/h1-28H/i1D,2D,3D,4D,5D,6D,7D,8D,9D,10D,12D,13D,14D,15D,16D,17D,18D,19D,20D,21D. The lowest BCUT2D eigenvalue weighted by Crippen LogP contribution is -1.92. The maximum absolute atomic E-state index is 9.50. The molecular formula is C46H28O. The van der Waals surface area contributed by atoms with Crippen LogP contribution in [0.2, 0.25) is 0 Å². The molecule has 0 bridgehead atoms. The first-order valence-corrected chi connectivity index (χ1v) is 14.6. The van der Waals surface area contributed by atoms with Gasteiger partial charge in [0, 0.05) is 16.2 Å². The summed E-state index contributed by atoms with van der Waals surface area (Å²) in [7, 11) is 0. The molecule has 0 saturated carbocycles. The van der Waals surface area contributed by atoms with Crippen LogP contribution >= 0.6 is 0 Å². The van der Waals surface area contributed by atoms with Crippen LogP contribution in [0.1, 0.15) is 27.4 Å². The summed E-state index contributed by atoms with van der Waals surface area (Å²) in [6.45, 7) is 0. The second kappa shape index (κ2) is 10.2. The fourth-order valence-electron chi connectivity index (χ4n) is 6.51. The summed E-state index contributed by atoms with van der Waals surface area (Å²) in [4.78, 5) is 0. The third kappa shape index (κ3) is 3.90. The van der Waals surface area contributed by atoms with Gasteiger partial charge in [0.05, 0.1) is 27.4 Å². The van der Waals surface area contributed by atoms with Gasteiger partial charge in [0.1, 0.15) is 11.2 Å². The number of hydrogen-bond donors (Lipinski definition) is 0. The van der Waals surface area contributed by atoms with E-state index in [0.29, 0.717) is 32.7 Å². The van der Waals surface area contributed by atoms with E-state index in [-0.39, 0.29) is 55.9 Å². The average Bonchev–Trinajstić information content (AvgIpc) is 3.71. The molecule has 0 spiro atoms. The Kier molecular flexibility index (Phi) is 2.87. The SMILES string of the molecule is [2H]c1c([2H])c([2H])c(-c2ccc3c(ccc4c3oc3cccc(-c5c6c([2H])c([2H])c([2H])c([2H])c6c(-c6c([2H])c([2H])c([2H])c7c([2H])c([2H])c([2H])c([2H])c67)c6c([2H])c([2H])c([2H])c([2H])c56)c34)c2)c([2H])c1[2H]. The fourth-order valence-corrected chi connectivity index (χ4v) is 6.51. The molecule has 47 heavy (non-hydrogen) atoms. The van der Waals surface area contributed by atoms with E-state index in [1.54, 1.807) is 48.5 Å². The molecule has 0 amide bonds. The van der Waals surface area contributed by atoms with Crippen molar-refractivity contribution >= 4 is 65.0 Å². The summed E-state index contributed by atoms with van der Waals surface area (Å²) >= 11 is 0. The van der Waals surface area contributed by atoms with E-state index in [2.05, 4.69) is 0 Å². The Morgan fingerprint density at radius 2 is 1.02 bits per heavy atom. The Morgan fingerprint density at radius 1 is 0.404 bits per heavy atom. The predicted molar refractivity (Wildman–Crippen MR) is 200 cm³/mol. The summed E-state index contributed by atoms with van der Waals surface area (Å²) in [5, 5.41) is -0.343. The van der Waals surface area contributed by atoms with Crippen molar-refractivity contribution in [3.63, 3.8) is 0 Å². The molecular weight excluding hydrogens is 569 g/mol. The zero-order valence-corrected chi connectivity index (χ0v) is 24.0. The van der Waals surface area contributed by atoms with Gasteiger partial charge in [-0.15, -0.1) is 0 Å². The molecule has 10 aromatic rings. The maximum Gasteiger partial charge on any atom is 0.143 e. The zero-order valence-electron chi connectivity index (χ0n) is 44.0. The van der Waals surface area contributed by atoms with Crippen molar-refractivity contribution in [2.24, 2.45) is 0 Å². The Labute approximate surface area is 300 Å². The van der Waals surface area contributed by atoms with Crippen molar-refractivity contribution in [1.82, 2.24) is 0 Å². The highest BCUT2D eigenvalue weighted by Crippen LogP contribution is 2.48. The van der Waals surface area contributed by atoms with Crippen molar-refractivity contribution in [2.45, 2.75) is 0 Å². The molecule has 1 aromatic heterocycles. The van der Waals surface area contributed by atoms with E-state index >= 15 is 0 Å². The monoisotopic (exact) mass is 616 g/mol. The van der Waals surface area contributed by atoms with Crippen LogP contribution in [0.5, 0.6) is 0 Å². The smallest absolute Gasteiger partial charge is 0.143 e. The minimum atomic E-state index is -0.804. The fraction of sp³-hybridized carbons (Fsp3) is 0. The van der Waals surface area contributed by atoms with Gasteiger partial charge in [-0.25, -0.2) is 0 Å². The third-order valence-corrected chi connectivity index (χ3v) is 8.47. The zero-order chi connectivity index (χ0) is 48.3. The molecule has 1 heteroatoms. The first-order chi connectivity index (χ1) is 31.6. The van der Waals surface area contributed by atoms with Crippen LogP contribution in [0.3, 0.4) is 0 Å². The quantitative estimate of drug-likeness (QED) is 0.180. The van der Waals surface area contributed by atoms with Gasteiger partial charge in [-0.05, 0) is 95.3 Å². The Morgan fingerprint density at radius 3 is 1.77 bits per heavy atom. The Bertz CT molecular complexity index is 3870. The van der Waals surface area contributed by atoms with Crippen LogP contribution in [0.25, 0.3) is 98.4 Å². The van der Waals surface area contributed by atoms with Crippen molar-refractivity contribution in [3.05, 3.63) is 169 Å². The lowest BCUT2D eigenvalue weighted by Gasteiger charge is -2.19. The number of hydrogen-bond acceptors (Lipinski definition) is 1. The molecule has 0 aliphatic carbocycles. The summed E-state index contributed by atoms with van der Waals surface area (Å²) < 4.78 is 183. The molecule has 0 unspecified atom stereocenters. The predicted octanol–water partition coefficient (Wildman–Crippen LogP) is 13.2. The van der Waals surface area contributed by atoms with Crippen LogP contribution in [0, 0.1) is 0 Å². The molecule has 1 heterocycles. The van der Waals surface area contributed by atoms with E-state index < -0.39 is 131 Å².